The molecule has 12 heavy (non-hydrogen) atoms. The van der Waals surface area contributed by atoms with Crippen molar-refractivity contribution in [1.82, 2.24) is 0 Å². The van der Waals surface area contributed by atoms with Crippen molar-refractivity contribution in [3.63, 3.8) is 0 Å². The second-order valence-corrected chi connectivity index (χ2v) is 3.71. The number of carbonyl (C=O) groups excluding carboxylic acids is 1. The number of carbonyl (C=O) groups is 1. The normalized spacial score (nSPS) is 44.8. The van der Waals surface area contributed by atoms with Gasteiger partial charge in [0.05, 0.1) is 25.2 Å². The molecule has 0 N–H and O–H groups in total. The summed E-state index contributed by atoms with van der Waals surface area (Å²) in [6, 6.07) is 0. The van der Waals surface area contributed by atoms with Gasteiger partial charge in [-0.15, -0.1) is 0 Å². The van der Waals surface area contributed by atoms with Crippen LogP contribution >= 0.6 is 0 Å². The molecule has 0 aromatic heterocycles. The molecular formula is C9H14O3. The predicted octanol–water partition coefficient (Wildman–Crippen LogP) is 0.973. The van der Waals surface area contributed by atoms with Gasteiger partial charge in [-0.3, -0.25) is 4.79 Å². The van der Waals surface area contributed by atoms with Gasteiger partial charge in [0.1, 0.15) is 0 Å². The Morgan fingerprint density at radius 1 is 1.50 bits per heavy atom. The summed E-state index contributed by atoms with van der Waals surface area (Å²) in [6.07, 6.45) is 2.73. The van der Waals surface area contributed by atoms with Gasteiger partial charge in [0.2, 0.25) is 0 Å². The lowest BCUT2D eigenvalue weighted by atomic mass is 9.80. The number of ether oxygens (including phenoxy) is 2. The molecule has 1 saturated carbocycles. The summed E-state index contributed by atoms with van der Waals surface area (Å²) in [5, 5.41) is 0. The molecule has 1 heterocycles. The first kappa shape index (κ1) is 8.05. The first-order valence-corrected chi connectivity index (χ1v) is 4.47. The van der Waals surface area contributed by atoms with Crippen molar-refractivity contribution < 1.29 is 14.3 Å². The molecule has 2 fully saturated rings. The number of methoxy groups -OCH3 is 1. The molecule has 1 aliphatic heterocycles. The zero-order chi connectivity index (χ0) is 8.72. The standard InChI is InChI=1S/C9H14O3/c1-5-6(9(10)11-2)3-4-7-8(5)12-7/h5-8H,3-4H2,1-2H3. The number of rotatable bonds is 1. The van der Waals surface area contributed by atoms with Crippen LogP contribution in [0, 0.1) is 11.8 Å². The van der Waals surface area contributed by atoms with Gasteiger partial charge in [0.15, 0.2) is 0 Å². The maximum absolute atomic E-state index is 11.3. The number of epoxide rings is 1. The van der Waals surface area contributed by atoms with E-state index in [0.717, 1.165) is 12.8 Å². The summed E-state index contributed by atoms with van der Waals surface area (Å²) in [5.74, 6) is 0.339. The summed E-state index contributed by atoms with van der Waals surface area (Å²) in [4.78, 5) is 11.3. The van der Waals surface area contributed by atoms with Gasteiger partial charge in [-0.05, 0) is 18.8 Å². The van der Waals surface area contributed by atoms with E-state index in [1.165, 1.54) is 7.11 Å². The molecule has 3 nitrogen and oxygen atoms in total. The fraction of sp³-hybridized carbons (Fsp3) is 0.889. The van der Waals surface area contributed by atoms with Crippen LogP contribution in [0.5, 0.6) is 0 Å². The maximum Gasteiger partial charge on any atom is 0.309 e. The zero-order valence-corrected chi connectivity index (χ0v) is 7.45. The second-order valence-electron chi connectivity index (χ2n) is 3.71. The average Bonchev–Trinajstić information content (AvgIpc) is 2.83. The van der Waals surface area contributed by atoms with Crippen LogP contribution in [0.2, 0.25) is 0 Å². The summed E-state index contributed by atoms with van der Waals surface area (Å²) >= 11 is 0. The molecule has 0 aromatic carbocycles. The van der Waals surface area contributed by atoms with E-state index in [2.05, 4.69) is 6.92 Å². The average molecular weight is 170 g/mol. The van der Waals surface area contributed by atoms with E-state index in [9.17, 15) is 4.79 Å². The minimum Gasteiger partial charge on any atom is -0.469 e. The molecule has 1 saturated heterocycles. The van der Waals surface area contributed by atoms with Gasteiger partial charge in [-0.2, -0.15) is 0 Å². The Labute approximate surface area is 72.0 Å². The number of fused-ring (bicyclic) bond motifs is 1. The first-order chi connectivity index (χ1) is 5.74. The lowest BCUT2D eigenvalue weighted by Crippen LogP contribution is -2.31. The summed E-state index contributed by atoms with van der Waals surface area (Å²) in [6.45, 7) is 2.07. The third kappa shape index (κ3) is 1.12. The fourth-order valence-electron chi connectivity index (χ4n) is 2.17. The highest BCUT2D eigenvalue weighted by molar-refractivity contribution is 5.73. The number of hydrogen-bond donors (Lipinski definition) is 0. The van der Waals surface area contributed by atoms with Crippen molar-refractivity contribution in [2.45, 2.75) is 32.0 Å². The third-order valence-corrected chi connectivity index (χ3v) is 3.04. The van der Waals surface area contributed by atoms with E-state index in [1.807, 2.05) is 0 Å². The molecule has 1 aliphatic carbocycles. The summed E-state index contributed by atoms with van der Waals surface area (Å²) in [5.41, 5.74) is 0. The second kappa shape index (κ2) is 2.73. The predicted molar refractivity (Wildman–Crippen MR) is 42.6 cm³/mol. The lowest BCUT2D eigenvalue weighted by Gasteiger charge is -2.23. The minimum atomic E-state index is -0.0727. The quantitative estimate of drug-likeness (QED) is 0.435. The van der Waals surface area contributed by atoms with Gasteiger partial charge in [0, 0.05) is 0 Å². The molecule has 4 atom stereocenters. The van der Waals surface area contributed by atoms with Crippen LogP contribution in [0.4, 0.5) is 0 Å². The van der Waals surface area contributed by atoms with E-state index in [4.69, 9.17) is 9.47 Å². The molecule has 2 rings (SSSR count). The van der Waals surface area contributed by atoms with Crippen LogP contribution in [0.25, 0.3) is 0 Å². The van der Waals surface area contributed by atoms with Crippen LogP contribution < -0.4 is 0 Å². The molecular weight excluding hydrogens is 156 g/mol. The van der Waals surface area contributed by atoms with Gasteiger partial charge in [0.25, 0.3) is 0 Å². The highest BCUT2D eigenvalue weighted by atomic mass is 16.6. The molecule has 0 aromatic rings. The summed E-state index contributed by atoms with van der Waals surface area (Å²) in [7, 11) is 1.45. The largest absolute Gasteiger partial charge is 0.469 e. The van der Waals surface area contributed by atoms with Gasteiger partial charge >= 0.3 is 5.97 Å². The van der Waals surface area contributed by atoms with Crippen LogP contribution in [0.15, 0.2) is 0 Å². The van der Waals surface area contributed by atoms with Gasteiger partial charge < -0.3 is 9.47 Å². The molecule has 68 valence electrons. The van der Waals surface area contributed by atoms with E-state index < -0.39 is 0 Å². The van der Waals surface area contributed by atoms with Crippen molar-refractivity contribution in [2.24, 2.45) is 11.8 Å². The van der Waals surface area contributed by atoms with Gasteiger partial charge in [-0.1, -0.05) is 6.92 Å². The van der Waals surface area contributed by atoms with Crippen LogP contribution in [-0.4, -0.2) is 25.3 Å². The Hall–Kier alpha value is -0.570. The Morgan fingerprint density at radius 2 is 2.25 bits per heavy atom. The first-order valence-electron chi connectivity index (χ1n) is 4.47. The van der Waals surface area contributed by atoms with Crippen LogP contribution in [0.1, 0.15) is 19.8 Å². The van der Waals surface area contributed by atoms with Crippen molar-refractivity contribution in [3.8, 4) is 0 Å². The molecule has 2 aliphatic rings. The Balaban J connectivity index is 2.01. The number of esters is 1. The van der Waals surface area contributed by atoms with Crippen LogP contribution in [-0.2, 0) is 14.3 Å². The highest BCUT2D eigenvalue weighted by Gasteiger charge is 2.51. The van der Waals surface area contributed by atoms with E-state index in [0.29, 0.717) is 18.1 Å². The Bertz CT molecular complexity index is 202. The molecule has 0 bridgehead atoms. The lowest BCUT2D eigenvalue weighted by molar-refractivity contribution is -0.148. The SMILES string of the molecule is COC(=O)C1CCC2OC2C1C. The highest BCUT2D eigenvalue weighted by Crippen LogP contribution is 2.43. The topological polar surface area (TPSA) is 38.8 Å². The molecule has 0 spiro atoms. The molecule has 0 amide bonds. The summed E-state index contributed by atoms with van der Waals surface area (Å²) < 4.78 is 10.1. The minimum absolute atomic E-state index is 0.0683. The number of hydrogen-bond acceptors (Lipinski definition) is 3. The third-order valence-electron chi connectivity index (χ3n) is 3.04. The van der Waals surface area contributed by atoms with Gasteiger partial charge in [-0.25, -0.2) is 0 Å². The van der Waals surface area contributed by atoms with E-state index >= 15 is 0 Å². The molecule has 0 radical (unpaired) electrons. The monoisotopic (exact) mass is 170 g/mol. The van der Waals surface area contributed by atoms with Crippen molar-refractivity contribution in [2.75, 3.05) is 7.11 Å². The molecule has 4 unspecified atom stereocenters. The smallest absolute Gasteiger partial charge is 0.309 e. The van der Waals surface area contributed by atoms with Crippen molar-refractivity contribution in [1.29, 1.82) is 0 Å². The van der Waals surface area contributed by atoms with Crippen molar-refractivity contribution >= 4 is 5.97 Å². The van der Waals surface area contributed by atoms with E-state index in [-0.39, 0.29) is 11.9 Å². The Kier molecular flexibility index (Phi) is 1.83. The van der Waals surface area contributed by atoms with Crippen LogP contribution in [0.3, 0.4) is 0 Å². The zero-order valence-electron chi connectivity index (χ0n) is 7.45. The fourth-order valence-corrected chi connectivity index (χ4v) is 2.17. The molecule has 3 heteroatoms. The van der Waals surface area contributed by atoms with E-state index in [1.54, 1.807) is 0 Å². The van der Waals surface area contributed by atoms with Crippen molar-refractivity contribution in [3.05, 3.63) is 0 Å². The Morgan fingerprint density at radius 3 is 2.92 bits per heavy atom. The maximum atomic E-state index is 11.3.